The molecular weight excluding hydrogens is 395 g/mol. The highest BCUT2D eigenvalue weighted by molar-refractivity contribution is 5.48. The number of nitriles is 1. The van der Waals surface area contributed by atoms with E-state index in [1.165, 1.54) is 12.1 Å². The molecule has 2 aromatic rings. The molecule has 1 fully saturated rings. The molecule has 0 saturated carbocycles. The van der Waals surface area contributed by atoms with Crippen LogP contribution in [0, 0.1) is 11.3 Å². The molecule has 5 nitrogen and oxygen atoms in total. The van der Waals surface area contributed by atoms with Crippen molar-refractivity contribution < 1.29 is 22.6 Å². The van der Waals surface area contributed by atoms with E-state index in [2.05, 4.69) is 15.9 Å². The SMILES string of the molecule is COCCOc1ccc(C#N)c(CN2CCN(c3ccc(C(F)(F)F)cc3)CC2)c1. The average molecular weight is 419 g/mol. The van der Waals surface area contributed by atoms with Crippen LogP contribution in [0.4, 0.5) is 18.9 Å². The Morgan fingerprint density at radius 1 is 1.00 bits per heavy atom. The average Bonchev–Trinajstić information content (AvgIpc) is 2.74. The maximum atomic E-state index is 12.7. The van der Waals surface area contributed by atoms with Crippen molar-refractivity contribution in [3.63, 3.8) is 0 Å². The van der Waals surface area contributed by atoms with Crippen molar-refractivity contribution in [1.82, 2.24) is 4.90 Å². The van der Waals surface area contributed by atoms with Crippen LogP contribution in [-0.4, -0.2) is 51.4 Å². The summed E-state index contributed by atoms with van der Waals surface area (Å²) in [4.78, 5) is 4.31. The zero-order chi connectivity index (χ0) is 21.6. The second-order valence-electron chi connectivity index (χ2n) is 7.08. The van der Waals surface area contributed by atoms with Gasteiger partial charge in [0, 0.05) is 45.5 Å². The molecule has 1 saturated heterocycles. The third kappa shape index (κ3) is 5.65. The third-order valence-corrected chi connectivity index (χ3v) is 5.08. The first-order chi connectivity index (χ1) is 14.4. The predicted molar refractivity (Wildman–Crippen MR) is 107 cm³/mol. The molecule has 8 heteroatoms. The fraction of sp³-hybridized carbons (Fsp3) is 0.409. The molecule has 0 amide bonds. The van der Waals surface area contributed by atoms with Gasteiger partial charge >= 0.3 is 6.18 Å². The quantitative estimate of drug-likeness (QED) is 0.637. The number of hydrogen-bond acceptors (Lipinski definition) is 5. The van der Waals surface area contributed by atoms with E-state index >= 15 is 0 Å². The van der Waals surface area contributed by atoms with Crippen LogP contribution in [0.15, 0.2) is 42.5 Å². The smallest absolute Gasteiger partial charge is 0.416 e. The minimum Gasteiger partial charge on any atom is -0.491 e. The minimum atomic E-state index is -4.32. The maximum absolute atomic E-state index is 12.7. The molecule has 3 rings (SSSR count). The highest BCUT2D eigenvalue weighted by Crippen LogP contribution is 2.31. The molecule has 0 unspecified atom stereocenters. The normalized spacial score (nSPS) is 15.1. The number of ether oxygens (including phenoxy) is 2. The van der Waals surface area contributed by atoms with Gasteiger partial charge in [-0.1, -0.05) is 0 Å². The minimum absolute atomic E-state index is 0.438. The number of halogens is 3. The summed E-state index contributed by atoms with van der Waals surface area (Å²) in [5, 5.41) is 9.41. The molecule has 1 aliphatic rings. The largest absolute Gasteiger partial charge is 0.491 e. The number of anilines is 1. The second kappa shape index (κ2) is 9.83. The number of benzene rings is 2. The topological polar surface area (TPSA) is 48.7 Å². The second-order valence-corrected chi connectivity index (χ2v) is 7.08. The van der Waals surface area contributed by atoms with Crippen molar-refractivity contribution in [2.45, 2.75) is 12.7 Å². The van der Waals surface area contributed by atoms with Crippen LogP contribution in [-0.2, 0) is 17.5 Å². The molecule has 0 spiro atoms. The summed E-state index contributed by atoms with van der Waals surface area (Å²) in [5.74, 6) is 0.699. The summed E-state index contributed by atoms with van der Waals surface area (Å²) < 4.78 is 48.8. The molecular formula is C22H24F3N3O2. The molecule has 0 bridgehead atoms. The lowest BCUT2D eigenvalue weighted by atomic mass is 10.1. The standard InChI is InChI=1S/C22H24F3N3O2/c1-29-12-13-30-21-7-2-17(15-26)18(14-21)16-27-8-10-28(11-9-27)20-5-3-19(4-6-20)22(23,24)25/h2-7,14H,8-13,16H2,1H3. The van der Waals surface area contributed by atoms with Crippen LogP contribution < -0.4 is 9.64 Å². The predicted octanol–water partition coefficient (Wildman–Crippen LogP) is 3.92. The number of methoxy groups -OCH3 is 1. The fourth-order valence-corrected chi connectivity index (χ4v) is 3.41. The number of alkyl halides is 3. The van der Waals surface area contributed by atoms with Gasteiger partial charge in [0.2, 0.25) is 0 Å². The first-order valence-electron chi connectivity index (χ1n) is 9.70. The Hall–Kier alpha value is -2.76. The van der Waals surface area contributed by atoms with Crippen LogP contribution >= 0.6 is 0 Å². The Morgan fingerprint density at radius 3 is 2.30 bits per heavy atom. The van der Waals surface area contributed by atoms with Gasteiger partial charge in [-0.2, -0.15) is 18.4 Å². The summed E-state index contributed by atoms with van der Waals surface area (Å²) in [5.41, 5.74) is 1.66. The maximum Gasteiger partial charge on any atom is 0.416 e. The summed E-state index contributed by atoms with van der Waals surface area (Å²) in [6, 6.07) is 12.9. The number of hydrogen-bond donors (Lipinski definition) is 0. The molecule has 30 heavy (non-hydrogen) atoms. The van der Waals surface area contributed by atoms with Gasteiger partial charge in [-0.3, -0.25) is 4.90 Å². The highest BCUT2D eigenvalue weighted by atomic mass is 19.4. The Morgan fingerprint density at radius 2 is 1.70 bits per heavy atom. The molecule has 0 aliphatic carbocycles. The number of nitrogens with zero attached hydrogens (tertiary/aromatic N) is 3. The van der Waals surface area contributed by atoms with Gasteiger partial charge in [0.1, 0.15) is 12.4 Å². The van der Waals surface area contributed by atoms with E-state index in [0.29, 0.717) is 44.2 Å². The first-order valence-corrected chi connectivity index (χ1v) is 9.70. The summed E-state index contributed by atoms with van der Waals surface area (Å²) in [7, 11) is 1.61. The first kappa shape index (κ1) is 21.9. The van der Waals surface area contributed by atoms with Gasteiger partial charge in [-0.15, -0.1) is 0 Å². The molecule has 160 valence electrons. The molecule has 2 aromatic carbocycles. The van der Waals surface area contributed by atoms with Crippen molar-refractivity contribution in [1.29, 1.82) is 5.26 Å². The van der Waals surface area contributed by atoms with Gasteiger partial charge in [0.15, 0.2) is 0 Å². The van der Waals surface area contributed by atoms with Gasteiger partial charge in [0.25, 0.3) is 0 Å². The van der Waals surface area contributed by atoms with Crippen LogP contribution in [0.25, 0.3) is 0 Å². The van der Waals surface area contributed by atoms with Crippen LogP contribution in [0.2, 0.25) is 0 Å². The van der Waals surface area contributed by atoms with Crippen molar-refractivity contribution in [3.8, 4) is 11.8 Å². The van der Waals surface area contributed by atoms with Crippen molar-refractivity contribution in [2.24, 2.45) is 0 Å². The third-order valence-electron chi connectivity index (χ3n) is 5.08. The van der Waals surface area contributed by atoms with Crippen LogP contribution in [0.1, 0.15) is 16.7 Å². The zero-order valence-electron chi connectivity index (χ0n) is 16.8. The summed E-state index contributed by atoms with van der Waals surface area (Å²) in [6.45, 7) is 4.45. The number of rotatable bonds is 7. The van der Waals surface area contributed by atoms with E-state index < -0.39 is 11.7 Å². The van der Waals surface area contributed by atoms with Crippen LogP contribution in [0.5, 0.6) is 5.75 Å². The Bertz CT molecular complexity index is 871. The number of piperazine rings is 1. The monoisotopic (exact) mass is 419 g/mol. The molecule has 0 radical (unpaired) electrons. The lowest BCUT2D eigenvalue weighted by molar-refractivity contribution is -0.137. The van der Waals surface area contributed by atoms with E-state index in [-0.39, 0.29) is 0 Å². The van der Waals surface area contributed by atoms with Gasteiger partial charge in [-0.25, -0.2) is 0 Å². The van der Waals surface area contributed by atoms with Gasteiger partial charge in [0.05, 0.1) is 23.8 Å². The Labute approximate surface area is 174 Å². The molecule has 1 heterocycles. The zero-order valence-corrected chi connectivity index (χ0v) is 16.8. The molecule has 0 N–H and O–H groups in total. The molecule has 1 aliphatic heterocycles. The van der Waals surface area contributed by atoms with Crippen molar-refractivity contribution in [2.75, 3.05) is 51.4 Å². The Kier molecular flexibility index (Phi) is 7.19. The summed E-state index contributed by atoms with van der Waals surface area (Å²) >= 11 is 0. The van der Waals surface area contributed by atoms with Crippen molar-refractivity contribution >= 4 is 5.69 Å². The van der Waals surface area contributed by atoms with E-state index in [1.54, 1.807) is 19.2 Å². The lowest BCUT2D eigenvalue weighted by Crippen LogP contribution is -2.46. The van der Waals surface area contributed by atoms with E-state index in [0.717, 1.165) is 36.5 Å². The summed E-state index contributed by atoms with van der Waals surface area (Å²) in [6.07, 6.45) is -4.32. The van der Waals surface area contributed by atoms with Crippen molar-refractivity contribution in [3.05, 3.63) is 59.2 Å². The molecule has 0 atom stereocenters. The van der Waals surface area contributed by atoms with Gasteiger partial charge in [-0.05, 0) is 48.0 Å². The van der Waals surface area contributed by atoms with E-state index in [9.17, 15) is 18.4 Å². The van der Waals surface area contributed by atoms with Gasteiger partial charge < -0.3 is 14.4 Å². The Balaban J connectivity index is 1.59. The fourth-order valence-electron chi connectivity index (χ4n) is 3.41. The van der Waals surface area contributed by atoms with E-state index in [4.69, 9.17) is 9.47 Å². The van der Waals surface area contributed by atoms with Crippen LogP contribution in [0.3, 0.4) is 0 Å². The highest BCUT2D eigenvalue weighted by Gasteiger charge is 2.30. The lowest BCUT2D eigenvalue weighted by Gasteiger charge is -2.36. The van der Waals surface area contributed by atoms with E-state index in [1.807, 2.05) is 6.07 Å². The molecule has 0 aromatic heterocycles.